The smallest absolute Gasteiger partial charge is 0.278 e. The molecule has 0 aliphatic carbocycles. The molecular weight excluding hydrogens is 404 g/mol. The van der Waals surface area contributed by atoms with Crippen molar-refractivity contribution in [1.29, 1.82) is 0 Å². The minimum Gasteiger partial charge on any atom is -0.384 e. The van der Waals surface area contributed by atoms with Crippen molar-refractivity contribution in [3.05, 3.63) is 66.4 Å². The summed E-state index contributed by atoms with van der Waals surface area (Å²) in [5.41, 5.74) is 9.42. The highest BCUT2D eigenvalue weighted by molar-refractivity contribution is 5.64. The van der Waals surface area contributed by atoms with Gasteiger partial charge in [-0.15, -0.1) is 0 Å². The fourth-order valence-corrected chi connectivity index (χ4v) is 3.69. The Morgan fingerprint density at radius 1 is 0.938 bits per heavy atom. The Labute approximate surface area is 185 Å². The number of anilines is 2. The number of rotatable bonds is 5. The summed E-state index contributed by atoms with van der Waals surface area (Å²) in [6.07, 6.45) is 5.22. The second-order valence-corrected chi connectivity index (χ2v) is 7.77. The molecule has 9 nitrogen and oxygen atoms in total. The summed E-state index contributed by atoms with van der Waals surface area (Å²) < 4.78 is 5.48. The third kappa shape index (κ3) is 4.15. The fraction of sp³-hybridized carbons (Fsp3) is 0.261. The van der Waals surface area contributed by atoms with E-state index >= 15 is 0 Å². The molecule has 3 aromatic heterocycles. The second kappa shape index (κ2) is 8.72. The van der Waals surface area contributed by atoms with Crippen LogP contribution in [0.25, 0.3) is 22.7 Å². The monoisotopic (exact) mass is 428 g/mol. The average Bonchev–Trinajstić information content (AvgIpc) is 3.35. The molecule has 4 aromatic rings. The molecule has 4 heterocycles. The van der Waals surface area contributed by atoms with Gasteiger partial charge in [-0.3, -0.25) is 0 Å². The molecule has 0 radical (unpaired) electrons. The van der Waals surface area contributed by atoms with Crippen LogP contribution >= 0.6 is 0 Å². The maximum absolute atomic E-state index is 5.67. The summed E-state index contributed by atoms with van der Waals surface area (Å²) in [7, 11) is 0. The van der Waals surface area contributed by atoms with E-state index in [1.54, 1.807) is 24.7 Å². The summed E-state index contributed by atoms with van der Waals surface area (Å²) in [5, 5.41) is 7.51. The summed E-state index contributed by atoms with van der Waals surface area (Å²) in [5.74, 6) is 2.32. The third-order valence-electron chi connectivity index (χ3n) is 5.66. The van der Waals surface area contributed by atoms with Crippen molar-refractivity contribution in [2.24, 2.45) is 0 Å². The van der Waals surface area contributed by atoms with Gasteiger partial charge in [0, 0.05) is 43.9 Å². The molecule has 0 spiro atoms. The van der Waals surface area contributed by atoms with Crippen LogP contribution in [0.15, 0.2) is 59.5 Å². The van der Waals surface area contributed by atoms with Crippen LogP contribution in [0.3, 0.4) is 0 Å². The third-order valence-corrected chi connectivity index (χ3v) is 5.66. The molecule has 5 rings (SSSR count). The molecular formula is C23H24N8O. The predicted molar refractivity (Wildman–Crippen MR) is 122 cm³/mol. The number of aromatic nitrogens is 5. The Balaban J connectivity index is 1.30. The van der Waals surface area contributed by atoms with Gasteiger partial charge >= 0.3 is 0 Å². The van der Waals surface area contributed by atoms with E-state index in [4.69, 9.17) is 10.3 Å². The molecule has 1 unspecified atom stereocenters. The highest BCUT2D eigenvalue weighted by Gasteiger charge is 2.19. The topological polar surface area (TPSA) is 119 Å². The van der Waals surface area contributed by atoms with Crippen LogP contribution in [0.4, 0.5) is 11.6 Å². The summed E-state index contributed by atoms with van der Waals surface area (Å²) >= 11 is 0. The zero-order valence-corrected chi connectivity index (χ0v) is 17.8. The van der Waals surface area contributed by atoms with Crippen LogP contribution in [-0.2, 0) is 0 Å². The molecule has 0 amide bonds. The van der Waals surface area contributed by atoms with Crippen LogP contribution in [0.5, 0.6) is 0 Å². The first-order chi connectivity index (χ1) is 15.7. The molecule has 3 N–H and O–H groups in total. The fourth-order valence-electron chi connectivity index (χ4n) is 3.69. The Kier molecular flexibility index (Phi) is 5.47. The van der Waals surface area contributed by atoms with Gasteiger partial charge in [0.05, 0.1) is 12.4 Å². The van der Waals surface area contributed by atoms with Gasteiger partial charge in [0.15, 0.2) is 5.82 Å². The molecule has 1 aliphatic rings. The number of nitrogen functional groups attached to an aromatic ring is 1. The Hall–Kier alpha value is -3.85. The van der Waals surface area contributed by atoms with Crippen LogP contribution in [0, 0.1) is 0 Å². The first-order valence-corrected chi connectivity index (χ1v) is 10.6. The number of hydrogen-bond acceptors (Lipinski definition) is 9. The maximum Gasteiger partial charge on any atom is 0.278 e. The lowest BCUT2D eigenvalue weighted by atomic mass is 9.97. The number of hydrogen-bond donors (Lipinski definition) is 2. The van der Waals surface area contributed by atoms with E-state index in [0.29, 0.717) is 23.2 Å². The minimum atomic E-state index is -0.0285. The second-order valence-electron chi connectivity index (χ2n) is 7.77. The number of pyridine rings is 1. The van der Waals surface area contributed by atoms with Crippen molar-refractivity contribution in [2.75, 3.05) is 36.8 Å². The lowest BCUT2D eigenvalue weighted by molar-refractivity contribution is 0.419. The van der Waals surface area contributed by atoms with Gasteiger partial charge in [-0.25, -0.2) is 15.0 Å². The van der Waals surface area contributed by atoms with E-state index in [2.05, 4.69) is 59.6 Å². The predicted octanol–water partition coefficient (Wildman–Crippen LogP) is 2.73. The molecule has 1 atom stereocenters. The Morgan fingerprint density at radius 3 is 2.41 bits per heavy atom. The van der Waals surface area contributed by atoms with Crippen molar-refractivity contribution >= 4 is 11.6 Å². The lowest BCUT2D eigenvalue weighted by Gasteiger charge is -2.27. The van der Waals surface area contributed by atoms with Gasteiger partial charge in [0.2, 0.25) is 0 Å². The zero-order chi connectivity index (χ0) is 21.9. The van der Waals surface area contributed by atoms with Crippen LogP contribution in [-0.4, -0.2) is 51.3 Å². The van der Waals surface area contributed by atoms with Gasteiger partial charge < -0.3 is 20.5 Å². The van der Waals surface area contributed by atoms with Crippen LogP contribution in [0.2, 0.25) is 0 Å². The molecule has 0 saturated carbocycles. The minimum absolute atomic E-state index is 0.0285. The zero-order valence-electron chi connectivity index (χ0n) is 17.8. The Morgan fingerprint density at radius 2 is 1.72 bits per heavy atom. The van der Waals surface area contributed by atoms with Gasteiger partial charge in [0.1, 0.15) is 17.3 Å². The molecule has 1 fully saturated rings. The standard InChI is InChI=1S/C23H24N8O/c1-15(16-2-4-17(5-3-16)18-6-7-20(24)27-12-18)22-29-23(32-30-22)19-13-28-21(14-26-19)31-10-8-25-9-11-31/h2-7,12-15,25H,8-11H2,1H3,(H2,24,27). The normalized spacial score (nSPS) is 15.0. The molecule has 162 valence electrons. The van der Waals surface area contributed by atoms with Crippen molar-refractivity contribution in [1.82, 2.24) is 30.4 Å². The molecule has 0 bridgehead atoms. The molecule has 1 saturated heterocycles. The lowest BCUT2D eigenvalue weighted by Crippen LogP contribution is -2.43. The maximum atomic E-state index is 5.67. The highest BCUT2D eigenvalue weighted by atomic mass is 16.5. The SMILES string of the molecule is CC(c1ccc(-c2ccc(N)nc2)cc1)c1noc(-c2cnc(N3CCNCC3)cn2)n1. The number of piperazine rings is 1. The quantitative estimate of drug-likeness (QED) is 0.494. The number of nitrogens with zero attached hydrogens (tertiary/aromatic N) is 6. The van der Waals surface area contributed by atoms with E-state index < -0.39 is 0 Å². The number of nitrogens with one attached hydrogen (secondary N) is 1. The van der Waals surface area contributed by atoms with Gasteiger partial charge in [0.25, 0.3) is 5.89 Å². The van der Waals surface area contributed by atoms with Gasteiger partial charge in [-0.1, -0.05) is 36.3 Å². The van der Waals surface area contributed by atoms with Crippen molar-refractivity contribution in [2.45, 2.75) is 12.8 Å². The first-order valence-electron chi connectivity index (χ1n) is 10.6. The summed E-state index contributed by atoms with van der Waals surface area (Å²) in [6, 6.07) is 12.0. The first kappa shape index (κ1) is 20.1. The molecule has 1 aromatic carbocycles. The Bertz CT molecular complexity index is 1170. The van der Waals surface area contributed by atoms with Crippen molar-refractivity contribution < 1.29 is 4.52 Å². The molecule has 1 aliphatic heterocycles. The summed E-state index contributed by atoms with van der Waals surface area (Å²) in [6.45, 7) is 5.79. The van der Waals surface area contributed by atoms with E-state index in [-0.39, 0.29) is 5.92 Å². The van der Waals surface area contributed by atoms with Gasteiger partial charge in [-0.2, -0.15) is 4.98 Å². The van der Waals surface area contributed by atoms with E-state index in [1.165, 1.54) is 0 Å². The largest absolute Gasteiger partial charge is 0.384 e. The van der Waals surface area contributed by atoms with E-state index in [1.807, 2.05) is 13.0 Å². The van der Waals surface area contributed by atoms with Crippen molar-refractivity contribution in [3.8, 4) is 22.7 Å². The van der Waals surface area contributed by atoms with Crippen molar-refractivity contribution in [3.63, 3.8) is 0 Å². The van der Waals surface area contributed by atoms with Crippen LogP contribution < -0.4 is 16.0 Å². The van der Waals surface area contributed by atoms with Gasteiger partial charge in [-0.05, 0) is 23.3 Å². The molecule has 9 heteroatoms. The average molecular weight is 429 g/mol. The number of benzene rings is 1. The van der Waals surface area contributed by atoms with Crippen LogP contribution in [0.1, 0.15) is 24.2 Å². The van der Waals surface area contributed by atoms with E-state index in [9.17, 15) is 0 Å². The molecule has 32 heavy (non-hydrogen) atoms. The highest BCUT2D eigenvalue weighted by Crippen LogP contribution is 2.27. The van der Waals surface area contributed by atoms with E-state index in [0.717, 1.165) is 48.7 Å². The summed E-state index contributed by atoms with van der Waals surface area (Å²) in [4.78, 5) is 19.9. The number of nitrogens with two attached hydrogens (primary N) is 1.